The third-order valence-electron chi connectivity index (χ3n) is 5.80. The van der Waals surface area contributed by atoms with Crippen molar-refractivity contribution in [2.45, 2.75) is 57.1 Å². The van der Waals surface area contributed by atoms with E-state index in [0.717, 1.165) is 12.1 Å². The smallest absolute Gasteiger partial charge is 0.302 e. The molecule has 0 saturated heterocycles. The molecule has 1 aromatic heterocycles. The predicted molar refractivity (Wildman–Crippen MR) is 92.8 cm³/mol. The topological polar surface area (TPSA) is 44.1 Å². The Labute approximate surface area is 159 Å². The molecule has 0 radical (unpaired) electrons. The highest BCUT2D eigenvalue weighted by Gasteiger charge is 2.46. The third-order valence-corrected chi connectivity index (χ3v) is 5.80. The van der Waals surface area contributed by atoms with Crippen molar-refractivity contribution >= 4 is 5.97 Å². The van der Waals surface area contributed by atoms with E-state index < -0.39 is 41.9 Å². The summed E-state index contributed by atoms with van der Waals surface area (Å²) in [5.74, 6) is -5.73. The van der Waals surface area contributed by atoms with Crippen molar-refractivity contribution < 1.29 is 27.1 Å². The van der Waals surface area contributed by atoms with E-state index in [0.29, 0.717) is 18.5 Å². The van der Waals surface area contributed by atoms with Crippen LogP contribution >= 0.6 is 0 Å². The standard InChI is InChI=1S/C20H20F4N2O2/c1-11(27)28-13-4-2-12(3-5-13)20(23,24)8-16-18-14(21)6-7-15(22)19(18)17-9-25-10-26(16)17/h6-7,9-10,12-13,16H,2-5,8H2,1H3. The van der Waals surface area contributed by atoms with Gasteiger partial charge in [0.25, 0.3) is 5.92 Å². The number of hydrogen-bond acceptors (Lipinski definition) is 3. The number of carbonyl (C=O) groups excluding carboxylic acids is 1. The first-order chi connectivity index (χ1) is 13.3. The van der Waals surface area contributed by atoms with Gasteiger partial charge in [-0.3, -0.25) is 4.79 Å². The Hall–Kier alpha value is -2.38. The van der Waals surface area contributed by atoms with E-state index >= 15 is 8.78 Å². The van der Waals surface area contributed by atoms with Crippen LogP contribution in [0, 0.1) is 17.6 Å². The number of ether oxygens (including phenoxy) is 1. The normalized spacial score (nSPS) is 24.0. The van der Waals surface area contributed by atoms with Crippen LogP contribution < -0.4 is 0 Å². The number of rotatable bonds is 4. The van der Waals surface area contributed by atoms with E-state index in [4.69, 9.17) is 4.74 Å². The third kappa shape index (κ3) is 3.18. The number of carbonyl (C=O) groups is 1. The fraction of sp³-hybridized carbons (Fsp3) is 0.500. The summed E-state index contributed by atoms with van der Waals surface area (Å²) in [6.07, 6.45) is 2.92. The lowest BCUT2D eigenvalue weighted by atomic mass is 9.80. The maximum Gasteiger partial charge on any atom is 0.302 e. The molecule has 1 aliphatic heterocycles. The zero-order valence-corrected chi connectivity index (χ0v) is 15.3. The van der Waals surface area contributed by atoms with Crippen LogP contribution in [-0.2, 0) is 9.53 Å². The van der Waals surface area contributed by atoms with E-state index in [1.807, 2.05) is 0 Å². The second-order valence-corrected chi connectivity index (χ2v) is 7.57. The SMILES string of the molecule is CC(=O)OC1CCC(C(F)(F)CC2c3c(F)ccc(F)c3-c3cncn32)CC1. The number of hydrogen-bond donors (Lipinski definition) is 0. The Morgan fingerprint density at radius 3 is 2.57 bits per heavy atom. The molecule has 8 heteroatoms. The first-order valence-corrected chi connectivity index (χ1v) is 9.33. The molecule has 1 saturated carbocycles. The Balaban J connectivity index is 1.57. The van der Waals surface area contributed by atoms with Gasteiger partial charge in [-0.25, -0.2) is 22.5 Å². The number of halogens is 4. The van der Waals surface area contributed by atoms with Crippen LogP contribution in [0.4, 0.5) is 17.6 Å². The van der Waals surface area contributed by atoms with Crippen LogP contribution in [-0.4, -0.2) is 27.5 Å². The van der Waals surface area contributed by atoms with Crippen molar-refractivity contribution in [3.8, 4) is 11.3 Å². The van der Waals surface area contributed by atoms with Crippen LogP contribution in [0.25, 0.3) is 11.3 Å². The molecule has 0 spiro atoms. The highest BCUT2D eigenvalue weighted by atomic mass is 19.3. The lowest BCUT2D eigenvalue weighted by Gasteiger charge is -2.34. The molecule has 4 rings (SSSR count). The molecule has 1 unspecified atom stereocenters. The van der Waals surface area contributed by atoms with Crippen LogP contribution in [0.15, 0.2) is 24.7 Å². The van der Waals surface area contributed by atoms with E-state index in [2.05, 4.69) is 4.98 Å². The van der Waals surface area contributed by atoms with Crippen LogP contribution in [0.2, 0.25) is 0 Å². The fourth-order valence-electron chi connectivity index (χ4n) is 4.50. The molecule has 1 aliphatic carbocycles. The Bertz CT molecular complexity index is 904. The largest absolute Gasteiger partial charge is 0.463 e. The van der Waals surface area contributed by atoms with E-state index in [-0.39, 0.29) is 30.1 Å². The molecule has 2 aliphatic rings. The average Bonchev–Trinajstić information content (AvgIpc) is 3.21. The van der Waals surface area contributed by atoms with Gasteiger partial charge < -0.3 is 9.30 Å². The van der Waals surface area contributed by atoms with Crippen LogP contribution in [0.5, 0.6) is 0 Å². The lowest BCUT2D eigenvalue weighted by Crippen LogP contribution is -2.36. The first kappa shape index (κ1) is 19.0. The van der Waals surface area contributed by atoms with Gasteiger partial charge in [0, 0.05) is 30.4 Å². The van der Waals surface area contributed by atoms with Crippen molar-refractivity contribution in [3.05, 3.63) is 41.9 Å². The first-order valence-electron chi connectivity index (χ1n) is 9.33. The summed E-state index contributed by atoms with van der Waals surface area (Å²) in [4.78, 5) is 15.0. The zero-order chi connectivity index (χ0) is 20.1. The molecule has 28 heavy (non-hydrogen) atoms. The van der Waals surface area contributed by atoms with Crippen molar-refractivity contribution in [2.75, 3.05) is 0 Å². The molecule has 1 aromatic carbocycles. The highest BCUT2D eigenvalue weighted by Crippen LogP contribution is 2.49. The second kappa shape index (κ2) is 6.90. The number of fused-ring (bicyclic) bond motifs is 3. The van der Waals surface area contributed by atoms with E-state index in [1.54, 1.807) is 0 Å². The summed E-state index contributed by atoms with van der Waals surface area (Å²) in [6, 6.07) is 0.968. The average molecular weight is 396 g/mol. The lowest BCUT2D eigenvalue weighted by molar-refractivity contribution is -0.150. The summed E-state index contributed by atoms with van der Waals surface area (Å²) in [5, 5.41) is 0. The molecule has 4 nitrogen and oxygen atoms in total. The van der Waals surface area contributed by atoms with Crippen molar-refractivity contribution in [1.29, 1.82) is 0 Å². The van der Waals surface area contributed by atoms with Gasteiger partial charge in [-0.1, -0.05) is 0 Å². The minimum atomic E-state index is -3.08. The number of aromatic nitrogens is 2. The fourth-order valence-corrected chi connectivity index (χ4v) is 4.50. The summed E-state index contributed by atoms with van der Waals surface area (Å²) >= 11 is 0. The number of imidazole rings is 1. The molecule has 150 valence electrons. The summed E-state index contributed by atoms with van der Waals surface area (Å²) in [5.41, 5.74) is 0.286. The minimum absolute atomic E-state index is 0.0110. The van der Waals surface area contributed by atoms with Gasteiger partial charge in [-0.2, -0.15) is 0 Å². The molecule has 1 atom stereocenters. The molecule has 1 fully saturated rings. The highest BCUT2D eigenvalue weighted by molar-refractivity contribution is 5.70. The van der Waals surface area contributed by atoms with Gasteiger partial charge >= 0.3 is 5.97 Å². The van der Waals surface area contributed by atoms with Gasteiger partial charge in [0.1, 0.15) is 17.7 Å². The summed E-state index contributed by atoms with van der Waals surface area (Å²) < 4.78 is 65.5. The van der Waals surface area contributed by atoms with Crippen molar-refractivity contribution in [1.82, 2.24) is 9.55 Å². The Kier molecular flexibility index (Phi) is 4.67. The van der Waals surface area contributed by atoms with E-state index in [1.165, 1.54) is 24.0 Å². The number of benzene rings is 1. The predicted octanol–water partition coefficient (Wildman–Crippen LogP) is 4.88. The molecule has 0 N–H and O–H groups in total. The second-order valence-electron chi connectivity index (χ2n) is 7.57. The maximum atomic E-state index is 15.1. The molecule has 0 bridgehead atoms. The van der Waals surface area contributed by atoms with E-state index in [9.17, 15) is 13.6 Å². The van der Waals surface area contributed by atoms with Gasteiger partial charge in [0.2, 0.25) is 0 Å². The Morgan fingerprint density at radius 2 is 1.89 bits per heavy atom. The van der Waals surface area contributed by atoms with Gasteiger partial charge in [0.05, 0.1) is 24.3 Å². The molecule has 2 aromatic rings. The summed E-state index contributed by atoms with van der Waals surface area (Å²) in [7, 11) is 0. The maximum absolute atomic E-state index is 15.1. The molecular weight excluding hydrogens is 376 g/mol. The number of alkyl halides is 2. The Morgan fingerprint density at radius 1 is 1.21 bits per heavy atom. The van der Waals surface area contributed by atoms with Crippen LogP contribution in [0.1, 0.15) is 50.6 Å². The zero-order valence-electron chi connectivity index (χ0n) is 15.3. The quantitative estimate of drug-likeness (QED) is 0.547. The number of esters is 1. The number of nitrogens with zero attached hydrogens (tertiary/aromatic N) is 2. The van der Waals surface area contributed by atoms with Crippen molar-refractivity contribution in [3.63, 3.8) is 0 Å². The van der Waals surface area contributed by atoms with Crippen molar-refractivity contribution in [2.24, 2.45) is 5.92 Å². The van der Waals surface area contributed by atoms with Gasteiger partial charge in [-0.15, -0.1) is 0 Å². The summed E-state index contributed by atoms with van der Waals surface area (Å²) in [6.45, 7) is 1.30. The molecule has 0 amide bonds. The van der Waals surface area contributed by atoms with Crippen LogP contribution in [0.3, 0.4) is 0 Å². The van der Waals surface area contributed by atoms with Gasteiger partial charge in [0.15, 0.2) is 0 Å². The monoisotopic (exact) mass is 396 g/mol. The molecular formula is C20H20F4N2O2. The van der Waals surface area contributed by atoms with Gasteiger partial charge in [-0.05, 0) is 37.8 Å². The minimum Gasteiger partial charge on any atom is -0.463 e. The molecule has 2 heterocycles.